The van der Waals surface area contributed by atoms with Crippen molar-refractivity contribution >= 4 is 11.9 Å². The Morgan fingerprint density at radius 1 is 1.36 bits per heavy atom. The van der Waals surface area contributed by atoms with Crippen molar-refractivity contribution in [3.63, 3.8) is 0 Å². The van der Waals surface area contributed by atoms with Crippen LogP contribution in [0, 0.1) is 5.41 Å². The number of amides is 1. The maximum atomic E-state index is 11.7. The van der Waals surface area contributed by atoms with Crippen LogP contribution in [0.4, 0.5) is 0 Å². The maximum Gasteiger partial charge on any atom is 0.320 e. The van der Waals surface area contributed by atoms with E-state index in [4.69, 9.17) is 0 Å². The highest BCUT2D eigenvalue weighted by atomic mass is 16.5. The lowest BCUT2D eigenvalue weighted by Crippen LogP contribution is -2.49. The molecule has 4 nitrogen and oxygen atoms in total. The van der Waals surface area contributed by atoms with Gasteiger partial charge in [-0.2, -0.15) is 0 Å². The molecule has 0 saturated heterocycles. The van der Waals surface area contributed by atoms with Gasteiger partial charge in [0.15, 0.2) is 0 Å². The molecule has 0 unspecified atom stereocenters. The molecule has 0 radical (unpaired) electrons. The lowest BCUT2D eigenvalue weighted by Gasteiger charge is -2.30. The number of hydrogen-bond donors (Lipinski definition) is 1. The molecule has 1 aliphatic carbocycles. The summed E-state index contributed by atoms with van der Waals surface area (Å²) in [4.78, 5) is 22.9. The quantitative estimate of drug-likeness (QED) is 0.541. The summed E-state index contributed by atoms with van der Waals surface area (Å²) in [6.07, 6.45) is 3.19. The SMILES string of the molecule is COC(=O)C(C)(C)C(=O)NC1CCC1. The number of hydrogen-bond acceptors (Lipinski definition) is 3. The van der Waals surface area contributed by atoms with Crippen molar-refractivity contribution in [3.05, 3.63) is 0 Å². The first-order valence-electron chi connectivity index (χ1n) is 4.88. The van der Waals surface area contributed by atoms with Crippen LogP contribution >= 0.6 is 0 Å². The largest absolute Gasteiger partial charge is 0.468 e. The molecule has 0 aliphatic heterocycles. The topological polar surface area (TPSA) is 55.4 Å². The first-order chi connectivity index (χ1) is 6.48. The molecule has 0 aromatic rings. The fourth-order valence-corrected chi connectivity index (χ4v) is 1.27. The summed E-state index contributed by atoms with van der Waals surface area (Å²) in [5, 5.41) is 2.83. The second-order valence-corrected chi connectivity index (χ2v) is 4.22. The molecule has 1 amide bonds. The van der Waals surface area contributed by atoms with Gasteiger partial charge >= 0.3 is 5.97 Å². The predicted octanol–water partition coefficient (Wildman–Crippen LogP) is 0.854. The lowest BCUT2D eigenvalue weighted by molar-refractivity contribution is -0.156. The normalized spacial score (nSPS) is 17.1. The number of ether oxygens (including phenoxy) is 1. The smallest absolute Gasteiger partial charge is 0.320 e. The summed E-state index contributed by atoms with van der Waals surface area (Å²) in [5.74, 6) is -0.733. The number of carbonyl (C=O) groups excluding carboxylic acids is 2. The van der Waals surface area contributed by atoms with Crippen LogP contribution in [0.3, 0.4) is 0 Å². The summed E-state index contributed by atoms with van der Waals surface area (Å²) >= 11 is 0. The number of esters is 1. The van der Waals surface area contributed by atoms with E-state index in [1.165, 1.54) is 7.11 Å². The van der Waals surface area contributed by atoms with Crippen LogP contribution in [-0.2, 0) is 14.3 Å². The number of rotatable bonds is 3. The van der Waals surface area contributed by atoms with E-state index in [0.29, 0.717) is 0 Å². The standard InChI is InChI=1S/C10H17NO3/c1-10(2,9(13)14-3)8(12)11-7-5-4-6-7/h7H,4-6H2,1-3H3,(H,11,12). The molecule has 4 heteroatoms. The predicted molar refractivity (Wildman–Crippen MR) is 51.6 cm³/mol. The fraction of sp³-hybridized carbons (Fsp3) is 0.800. The molecule has 0 bridgehead atoms. The second-order valence-electron chi connectivity index (χ2n) is 4.22. The van der Waals surface area contributed by atoms with Crippen LogP contribution in [0.15, 0.2) is 0 Å². The van der Waals surface area contributed by atoms with Gasteiger partial charge < -0.3 is 10.1 Å². The lowest BCUT2D eigenvalue weighted by atomic mass is 9.88. The molecule has 0 aromatic heterocycles. The van der Waals surface area contributed by atoms with Crippen LogP contribution in [0.2, 0.25) is 0 Å². The van der Waals surface area contributed by atoms with Gasteiger partial charge in [0, 0.05) is 6.04 Å². The van der Waals surface area contributed by atoms with Crippen molar-refractivity contribution in [2.45, 2.75) is 39.2 Å². The number of nitrogens with one attached hydrogen (secondary N) is 1. The molecule has 80 valence electrons. The van der Waals surface area contributed by atoms with E-state index < -0.39 is 11.4 Å². The van der Waals surface area contributed by atoms with Crippen LogP contribution in [0.5, 0.6) is 0 Å². The van der Waals surface area contributed by atoms with E-state index in [0.717, 1.165) is 19.3 Å². The third-order valence-corrected chi connectivity index (χ3v) is 2.70. The molecular formula is C10H17NO3. The number of carbonyl (C=O) groups is 2. The van der Waals surface area contributed by atoms with Gasteiger partial charge in [-0.15, -0.1) is 0 Å². The highest BCUT2D eigenvalue weighted by Crippen LogP contribution is 2.22. The molecule has 0 heterocycles. The van der Waals surface area contributed by atoms with Crippen LogP contribution < -0.4 is 5.32 Å². The van der Waals surface area contributed by atoms with Crippen LogP contribution in [0.25, 0.3) is 0 Å². The van der Waals surface area contributed by atoms with Gasteiger partial charge in [0.1, 0.15) is 5.41 Å². The first kappa shape index (κ1) is 11.0. The van der Waals surface area contributed by atoms with E-state index in [2.05, 4.69) is 10.1 Å². The molecule has 0 spiro atoms. The maximum absolute atomic E-state index is 11.7. The highest BCUT2D eigenvalue weighted by Gasteiger charge is 2.38. The molecule has 0 atom stereocenters. The highest BCUT2D eigenvalue weighted by molar-refractivity contribution is 6.01. The zero-order valence-electron chi connectivity index (χ0n) is 8.92. The Balaban J connectivity index is 2.52. The average Bonchev–Trinajstić information content (AvgIpc) is 2.09. The molecule has 14 heavy (non-hydrogen) atoms. The van der Waals surface area contributed by atoms with Crippen molar-refractivity contribution in [1.82, 2.24) is 5.32 Å². The molecule has 1 N–H and O–H groups in total. The molecule has 0 aromatic carbocycles. The third-order valence-electron chi connectivity index (χ3n) is 2.70. The molecular weight excluding hydrogens is 182 g/mol. The van der Waals surface area contributed by atoms with E-state index >= 15 is 0 Å². The van der Waals surface area contributed by atoms with Gasteiger partial charge in [-0.25, -0.2) is 0 Å². The summed E-state index contributed by atoms with van der Waals surface area (Å²) in [6.45, 7) is 3.15. The number of methoxy groups -OCH3 is 1. The average molecular weight is 199 g/mol. The van der Waals surface area contributed by atoms with E-state index in [-0.39, 0.29) is 11.9 Å². The Labute approximate surface area is 84.0 Å². The zero-order chi connectivity index (χ0) is 10.8. The Bertz CT molecular complexity index is 244. The monoisotopic (exact) mass is 199 g/mol. The van der Waals surface area contributed by atoms with Gasteiger partial charge in [-0.1, -0.05) is 0 Å². The van der Waals surface area contributed by atoms with Crippen LogP contribution in [-0.4, -0.2) is 25.0 Å². The van der Waals surface area contributed by atoms with Gasteiger partial charge in [0.2, 0.25) is 5.91 Å². The molecule has 1 fully saturated rings. The van der Waals surface area contributed by atoms with Gasteiger partial charge in [0.05, 0.1) is 7.11 Å². The van der Waals surface area contributed by atoms with E-state index in [1.54, 1.807) is 13.8 Å². The van der Waals surface area contributed by atoms with Crippen LogP contribution in [0.1, 0.15) is 33.1 Å². The van der Waals surface area contributed by atoms with Crippen molar-refractivity contribution in [2.75, 3.05) is 7.11 Å². The second kappa shape index (κ2) is 3.98. The van der Waals surface area contributed by atoms with Crippen molar-refractivity contribution in [2.24, 2.45) is 5.41 Å². The summed E-state index contributed by atoms with van der Waals surface area (Å²) in [6, 6.07) is 0.256. The molecule has 1 saturated carbocycles. The Morgan fingerprint density at radius 3 is 2.29 bits per heavy atom. The van der Waals surface area contributed by atoms with Crippen molar-refractivity contribution in [1.29, 1.82) is 0 Å². The first-order valence-corrected chi connectivity index (χ1v) is 4.88. The summed E-state index contributed by atoms with van der Waals surface area (Å²) in [7, 11) is 1.29. The molecule has 1 rings (SSSR count). The minimum Gasteiger partial charge on any atom is -0.468 e. The van der Waals surface area contributed by atoms with Crippen molar-refractivity contribution < 1.29 is 14.3 Å². The minimum absolute atomic E-state index is 0.242. The summed E-state index contributed by atoms with van der Waals surface area (Å²) in [5.41, 5.74) is -1.08. The fourth-order valence-electron chi connectivity index (χ4n) is 1.27. The third kappa shape index (κ3) is 2.05. The summed E-state index contributed by atoms with van der Waals surface area (Å²) < 4.78 is 4.57. The zero-order valence-corrected chi connectivity index (χ0v) is 8.92. The molecule has 1 aliphatic rings. The van der Waals surface area contributed by atoms with Gasteiger partial charge in [-0.3, -0.25) is 9.59 Å². The Morgan fingerprint density at radius 2 is 1.93 bits per heavy atom. The van der Waals surface area contributed by atoms with E-state index in [9.17, 15) is 9.59 Å². The van der Waals surface area contributed by atoms with Gasteiger partial charge in [0.25, 0.3) is 0 Å². The van der Waals surface area contributed by atoms with E-state index in [1.807, 2.05) is 0 Å². The Kier molecular flexibility index (Phi) is 3.13. The van der Waals surface area contributed by atoms with Crippen molar-refractivity contribution in [3.8, 4) is 0 Å². The van der Waals surface area contributed by atoms with Gasteiger partial charge in [-0.05, 0) is 33.1 Å². The Hall–Kier alpha value is -1.06. The minimum atomic E-state index is -1.08.